The van der Waals surface area contributed by atoms with Crippen LogP contribution in [0.25, 0.3) is 0 Å². The Balaban J connectivity index is 1.68. The van der Waals surface area contributed by atoms with Crippen molar-refractivity contribution in [1.82, 2.24) is 4.90 Å². The number of hydrogen-bond acceptors (Lipinski definition) is 7. The van der Waals surface area contributed by atoms with Crippen molar-refractivity contribution in [2.24, 2.45) is 5.41 Å². The fourth-order valence-corrected chi connectivity index (χ4v) is 6.71. The van der Waals surface area contributed by atoms with E-state index in [0.717, 1.165) is 12.0 Å². The van der Waals surface area contributed by atoms with Crippen molar-refractivity contribution in [2.45, 2.75) is 50.0 Å². The topological polar surface area (TPSA) is 94.2 Å². The Bertz CT molecular complexity index is 1200. The lowest BCUT2D eigenvalue weighted by atomic mass is 9.61. The molecule has 2 aromatic carbocycles. The second-order valence-corrected chi connectivity index (χ2v) is 9.87. The predicted molar refractivity (Wildman–Crippen MR) is 121 cm³/mol. The van der Waals surface area contributed by atoms with Crippen LogP contribution in [0.15, 0.2) is 48.5 Å². The van der Waals surface area contributed by atoms with Gasteiger partial charge in [0.1, 0.15) is 11.3 Å². The molecule has 6 rings (SSSR count). The number of fused-ring (bicyclic) bond motifs is 5. The summed E-state index contributed by atoms with van der Waals surface area (Å²) in [5, 5.41) is 3.02. The first kappa shape index (κ1) is 21.2. The molecule has 2 aromatic rings. The summed E-state index contributed by atoms with van der Waals surface area (Å²) in [4.78, 5) is 43.9. The molecule has 1 amide bonds. The highest BCUT2D eigenvalue weighted by Crippen LogP contribution is 2.67. The molecule has 0 bridgehead atoms. The monoisotopic (exact) mass is 462 g/mol. The summed E-state index contributed by atoms with van der Waals surface area (Å²) in [6, 6.07) is 14.2. The molecule has 176 valence electrons. The molecule has 1 N–H and O–H groups in total. The van der Waals surface area contributed by atoms with Crippen molar-refractivity contribution in [3.8, 4) is 5.75 Å². The van der Waals surface area contributed by atoms with Gasteiger partial charge in [-0.05, 0) is 43.1 Å². The molecule has 4 heterocycles. The minimum atomic E-state index is -1.69. The van der Waals surface area contributed by atoms with E-state index in [-0.39, 0.29) is 5.91 Å². The average Bonchev–Trinajstić information content (AvgIpc) is 3.45. The number of ether oxygens (including phenoxy) is 3. The van der Waals surface area contributed by atoms with Gasteiger partial charge in [-0.2, -0.15) is 0 Å². The van der Waals surface area contributed by atoms with Crippen molar-refractivity contribution in [3.63, 3.8) is 0 Å². The van der Waals surface area contributed by atoms with E-state index in [0.29, 0.717) is 30.0 Å². The molecule has 0 aliphatic carbocycles. The molecule has 3 saturated heterocycles. The molecule has 0 aromatic heterocycles. The first-order valence-electron chi connectivity index (χ1n) is 11.6. The van der Waals surface area contributed by atoms with Gasteiger partial charge < -0.3 is 19.5 Å². The third-order valence-corrected chi connectivity index (χ3v) is 7.84. The third-order valence-electron chi connectivity index (χ3n) is 7.84. The number of carbonyl (C=O) groups is 3. The van der Waals surface area contributed by atoms with Crippen LogP contribution in [0.5, 0.6) is 5.75 Å². The quantitative estimate of drug-likeness (QED) is 0.542. The van der Waals surface area contributed by atoms with Gasteiger partial charge >= 0.3 is 11.9 Å². The largest absolute Gasteiger partial charge is 0.497 e. The first-order chi connectivity index (χ1) is 16.3. The number of para-hydroxylation sites is 1. The van der Waals surface area contributed by atoms with E-state index in [1.807, 2.05) is 41.3 Å². The smallest absolute Gasteiger partial charge is 0.329 e. The number of anilines is 1. The molecule has 3 fully saturated rings. The summed E-state index contributed by atoms with van der Waals surface area (Å²) in [5.41, 5.74) is -0.821. The van der Waals surface area contributed by atoms with Crippen LogP contribution in [0.2, 0.25) is 0 Å². The average molecular weight is 463 g/mol. The lowest BCUT2D eigenvalue weighted by molar-refractivity contribution is -0.253. The first-order valence-corrected chi connectivity index (χ1v) is 11.6. The number of esters is 2. The van der Waals surface area contributed by atoms with Gasteiger partial charge in [0.05, 0.1) is 7.11 Å². The normalized spacial score (nSPS) is 30.6. The zero-order valence-electron chi connectivity index (χ0n) is 19.3. The van der Waals surface area contributed by atoms with Gasteiger partial charge in [-0.15, -0.1) is 0 Å². The van der Waals surface area contributed by atoms with Crippen LogP contribution < -0.4 is 10.1 Å². The van der Waals surface area contributed by atoms with Crippen LogP contribution in [0, 0.1) is 5.41 Å². The van der Waals surface area contributed by atoms with Crippen molar-refractivity contribution in [3.05, 3.63) is 59.7 Å². The molecule has 0 radical (unpaired) electrons. The Morgan fingerprint density at radius 2 is 1.68 bits per heavy atom. The minimum absolute atomic E-state index is 0.247. The molecular formula is C26H26N2O6. The van der Waals surface area contributed by atoms with Gasteiger partial charge in [0, 0.05) is 37.1 Å². The number of amides is 1. The number of cyclic esters (lactones) is 2. The highest BCUT2D eigenvalue weighted by molar-refractivity contribution is 6.12. The van der Waals surface area contributed by atoms with Gasteiger partial charge in [0.25, 0.3) is 5.79 Å². The summed E-state index contributed by atoms with van der Waals surface area (Å²) in [6.45, 7) is 3.67. The highest BCUT2D eigenvalue weighted by atomic mass is 16.7. The Morgan fingerprint density at radius 3 is 2.35 bits per heavy atom. The number of rotatable bonds is 2. The molecule has 3 atom stereocenters. The van der Waals surface area contributed by atoms with Crippen LogP contribution >= 0.6 is 0 Å². The molecular weight excluding hydrogens is 436 g/mol. The van der Waals surface area contributed by atoms with Crippen molar-refractivity contribution in [2.75, 3.05) is 19.0 Å². The van der Waals surface area contributed by atoms with Crippen LogP contribution in [-0.4, -0.2) is 48.2 Å². The second-order valence-electron chi connectivity index (χ2n) is 9.87. The maximum Gasteiger partial charge on any atom is 0.329 e. The van der Waals surface area contributed by atoms with Crippen molar-refractivity contribution >= 4 is 23.5 Å². The zero-order chi connectivity index (χ0) is 23.9. The highest BCUT2D eigenvalue weighted by Gasteiger charge is 2.80. The molecule has 3 unspecified atom stereocenters. The minimum Gasteiger partial charge on any atom is -0.497 e. The Morgan fingerprint density at radius 1 is 1.00 bits per heavy atom. The Labute approximate surface area is 197 Å². The van der Waals surface area contributed by atoms with Gasteiger partial charge in [0.15, 0.2) is 5.41 Å². The van der Waals surface area contributed by atoms with Gasteiger partial charge in [0.2, 0.25) is 5.91 Å². The number of hydrogen-bond donors (Lipinski definition) is 1. The fourth-order valence-electron chi connectivity index (χ4n) is 6.71. The maximum atomic E-state index is 14.0. The molecule has 4 aliphatic heterocycles. The van der Waals surface area contributed by atoms with Crippen molar-refractivity contribution in [1.29, 1.82) is 0 Å². The molecule has 8 nitrogen and oxygen atoms in total. The summed E-state index contributed by atoms with van der Waals surface area (Å²) in [7, 11) is 1.57. The van der Waals surface area contributed by atoms with E-state index in [1.54, 1.807) is 33.1 Å². The number of nitrogens with zero attached hydrogens (tertiary/aromatic N) is 1. The van der Waals surface area contributed by atoms with E-state index < -0.39 is 40.6 Å². The van der Waals surface area contributed by atoms with Crippen LogP contribution in [0.3, 0.4) is 0 Å². The van der Waals surface area contributed by atoms with Gasteiger partial charge in [-0.25, -0.2) is 0 Å². The summed E-state index contributed by atoms with van der Waals surface area (Å²) >= 11 is 0. The van der Waals surface area contributed by atoms with E-state index in [9.17, 15) is 14.4 Å². The van der Waals surface area contributed by atoms with E-state index >= 15 is 0 Å². The third kappa shape index (κ3) is 2.39. The SMILES string of the molecule is COc1ccc(C2C3(C(=O)OC(C)(C)OC3=O)C3CCCN3C23C(=O)Nc2ccccc23)cc1. The Kier molecular flexibility index (Phi) is 4.25. The lowest BCUT2D eigenvalue weighted by Crippen LogP contribution is -2.60. The zero-order valence-corrected chi connectivity index (χ0v) is 19.3. The summed E-state index contributed by atoms with van der Waals surface area (Å²) in [6.07, 6.45) is 1.33. The van der Waals surface area contributed by atoms with Gasteiger partial charge in [-0.3, -0.25) is 19.3 Å². The standard InChI is InChI=1S/C26H26N2O6/c1-24(2)33-22(30)25(23(31)34-24)19-9-6-14-28(19)26(17-7-4-5-8-18(17)27-21(26)29)20(25)15-10-12-16(32-3)13-11-15/h4-5,7-8,10-13,19-20H,6,9,14H2,1-3H3,(H,27,29). The Hall–Kier alpha value is -3.39. The summed E-state index contributed by atoms with van der Waals surface area (Å²) in [5.74, 6) is -3.11. The second kappa shape index (κ2) is 6.82. The van der Waals surface area contributed by atoms with Crippen LogP contribution in [0.1, 0.15) is 43.7 Å². The predicted octanol–water partition coefficient (Wildman–Crippen LogP) is 2.93. The number of carbonyl (C=O) groups excluding carboxylic acids is 3. The number of methoxy groups -OCH3 is 1. The van der Waals surface area contributed by atoms with E-state index in [2.05, 4.69) is 5.32 Å². The lowest BCUT2D eigenvalue weighted by Gasteiger charge is -2.44. The molecule has 2 spiro atoms. The summed E-state index contributed by atoms with van der Waals surface area (Å²) < 4.78 is 16.8. The maximum absolute atomic E-state index is 14.0. The number of nitrogens with one attached hydrogen (secondary N) is 1. The number of benzene rings is 2. The van der Waals surface area contributed by atoms with Crippen LogP contribution in [-0.2, 0) is 29.4 Å². The van der Waals surface area contributed by atoms with E-state index in [1.165, 1.54) is 0 Å². The molecule has 0 saturated carbocycles. The van der Waals surface area contributed by atoms with Crippen LogP contribution in [0.4, 0.5) is 5.69 Å². The van der Waals surface area contributed by atoms with E-state index in [4.69, 9.17) is 14.2 Å². The molecule has 8 heteroatoms. The van der Waals surface area contributed by atoms with Crippen molar-refractivity contribution < 1.29 is 28.6 Å². The van der Waals surface area contributed by atoms with Gasteiger partial charge in [-0.1, -0.05) is 30.3 Å². The fraction of sp³-hybridized carbons (Fsp3) is 0.423. The molecule has 4 aliphatic rings. The molecule has 34 heavy (non-hydrogen) atoms.